The molecule has 1 aliphatic heterocycles. The van der Waals surface area contributed by atoms with Crippen LogP contribution < -0.4 is 0 Å². The number of hydrogen-bond donors (Lipinski definition) is 0. The predicted molar refractivity (Wildman–Crippen MR) is 142 cm³/mol. The van der Waals surface area contributed by atoms with Gasteiger partial charge in [0, 0.05) is 31.6 Å². The van der Waals surface area contributed by atoms with E-state index < -0.39 is 41.0 Å². The maximum Gasteiger partial charge on any atom is 0.416 e. The summed E-state index contributed by atoms with van der Waals surface area (Å²) >= 11 is 0. The quantitative estimate of drug-likeness (QED) is 0.213. The zero-order valence-corrected chi connectivity index (χ0v) is 22.2. The maximum absolute atomic E-state index is 13.5. The molecule has 41 heavy (non-hydrogen) atoms. The summed E-state index contributed by atoms with van der Waals surface area (Å²) in [5.74, 6) is -1.03. The normalized spacial score (nSPS) is 16.1. The van der Waals surface area contributed by atoms with E-state index in [-0.39, 0.29) is 38.0 Å². The summed E-state index contributed by atoms with van der Waals surface area (Å²) in [6.45, 7) is 0.257. The Hall–Kier alpha value is -3.82. The van der Waals surface area contributed by atoms with Crippen LogP contribution in [0, 0.1) is 0 Å². The van der Waals surface area contributed by atoms with Crippen molar-refractivity contribution in [1.82, 2.24) is 9.80 Å². The van der Waals surface area contributed by atoms with Crippen molar-refractivity contribution >= 4 is 11.8 Å². The highest BCUT2D eigenvalue weighted by molar-refractivity contribution is 5.95. The van der Waals surface area contributed by atoms with Crippen molar-refractivity contribution in [2.75, 3.05) is 19.6 Å². The fourth-order valence-electron chi connectivity index (χ4n) is 5.06. The van der Waals surface area contributed by atoms with Gasteiger partial charge in [0.05, 0.1) is 17.2 Å². The summed E-state index contributed by atoms with van der Waals surface area (Å²) in [4.78, 5) is 29.4. The van der Waals surface area contributed by atoms with Gasteiger partial charge in [-0.25, -0.2) is 0 Å². The standard InChI is InChI=1S/C31H30F6N2O2/c32-30(33,34)25-18-24(19-26(20-25)31(35,36)37)29(41)39-16-15-38(21-27(39)17-23-12-5-2-6-13-23)28(40)14-8-7-11-22-9-3-1-4-10-22/h1-6,9-10,12-13,18-20,27H,7-8,11,14-17,21H2/t27-/m1/s1. The maximum atomic E-state index is 13.5. The summed E-state index contributed by atoms with van der Waals surface area (Å²) in [6.07, 6.45) is -7.21. The van der Waals surface area contributed by atoms with E-state index >= 15 is 0 Å². The van der Waals surface area contributed by atoms with Crippen LogP contribution in [-0.4, -0.2) is 47.3 Å². The van der Waals surface area contributed by atoms with Crippen LogP contribution in [0.15, 0.2) is 78.9 Å². The van der Waals surface area contributed by atoms with E-state index in [2.05, 4.69) is 0 Å². The molecule has 1 aliphatic rings. The van der Waals surface area contributed by atoms with Crippen molar-refractivity contribution in [3.63, 3.8) is 0 Å². The molecule has 4 rings (SSSR count). The van der Waals surface area contributed by atoms with Crippen LogP contribution in [0.2, 0.25) is 0 Å². The number of unbranched alkanes of at least 4 members (excludes halogenated alkanes) is 1. The predicted octanol–water partition coefficient (Wildman–Crippen LogP) is 7.03. The van der Waals surface area contributed by atoms with Gasteiger partial charge >= 0.3 is 12.4 Å². The third-order valence-electron chi connectivity index (χ3n) is 7.19. The molecule has 4 nitrogen and oxygen atoms in total. The number of carbonyl (C=O) groups is 2. The molecule has 3 aromatic rings. The van der Waals surface area contributed by atoms with E-state index in [0.717, 1.165) is 18.4 Å². The molecule has 1 atom stereocenters. The van der Waals surface area contributed by atoms with Crippen molar-refractivity contribution in [2.24, 2.45) is 0 Å². The lowest BCUT2D eigenvalue weighted by Gasteiger charge is -2.42. The average Bonchev–Trinajstić information content (AvgIpc) is 2.95. The highest BCUT2D eigenvalue weighted by Crippen LogP contribution is 2.37. The molecule has 1 heterocycles. The van der Waals surface area contributed by atoms with Gasteiger partial charge in [-0.1, -0.05) is 60.7 Å². The number of rotatable bonds is 8. The third-order valence-corrected chi connectivity index (χ3v) is 7.19. The van der Waals surface area contributed by atoms with E-state index in [9.17, 15) is 35.9 Å². The van der Waals surface area contributed by atoms with Gasteiger partial charge in [-0.3, -0.25) is 9.59 Å². The van der Waals surface area contributed by atoms with E-state index in [1.165, 1.54) is 10.5 Å². The van der Waals surface area contributed by atoms with Gasteiger partial charge in [-0.15, -0.1) is 0 Å². The minimum atomic E-state index is -5.06. The first-order valence-electron chi connectivity index (χ1n) is 13.4. The molecule has 2 amide bonds. The van der Waals surface area contributed by atoms with Crippen molar-refractivity contribution in [3.05, 3.63) is 107 Å². The fraction of sp³-hybridized carbons (Fsp3) is 0.355. The molecular formula is C31H30F6N2O2. The Kier molecular flexibility index (Phi) is 9.40. The molecule has 0 N–H and O–H groups in total. The van der Waals surface area contributed by atoms with Gasteiger partial charge in [0.2, 0.25) is 5.91 Å². The van der Waals surface area contributed by atoms with E-state index in [4.69, 9.17) is 0 Å². The summed E-state index contributed by atoms with van der Waals surface area (Å²) in [5, 5.41) is 0. The highest BCUT2D eigenvalue weighted by atomic mass is 19.4. The Balaban J connectivity index is 1.51. The molecule has 0 unspecified atom stereocenters. The van der Waals surface area contributed by atoms with Crippen LogP contribution in [0.3, 0.4) is 0 Å². The van der Waals surface area contributed by atoms with Crippen molar-refractivity contribution < 1.29 is 35.9 Å². The molecule has 218 valence electrons. The number of halogens is 6. The first-order valence-corrected chi connectivity index (χ1v) is 13.4. The Labute approximate surface area is 234 Å². The number of nitrogens with zero attached hydrogens (tertiary/aromatic N) is 2. The van der Waals surface area contributed by atoms with Crippen LogP contribution in [0.5, 0.6) is 0 Å². The first-order chi connectivity index (χ1) is 19.4. The lowest BCUT2D eigenvalue weighted by atomic mass is 9.98. The zero-order chi connectivity index (χ0) is 29.6. The summed E-state index contributed by atoms with van der Waals surface area (Å²) in [5.41, 5.74) is -1.77. The monoisotopic (exact) mass is 576 g/mol. The van der Waals surface area contributed by atoms with Crippen LogP contribution in [0.4, 0.5) is 26.3 Å². The van der Waals surface area contributed by atoms with Gasteiger partial charge < -0.3 is 9.80 Å². The minimum Gasteiger partial charge on any atom is -0.339 e. The van der Waals surface area contributed by atoms with Gasteiger partial charge in [0.1, 0.15) is 0 Å². The fourth-order valence-corrected chi connectivity index (χ4v) is 5.06. The zero-order valence-electron chi connectivity index (χ0n) is 22.2. The Bertz CT molecular complexity index is 1290. The SMILES string of the molecule is O=C(CCCCc1ccccc1)N1CCN(C(=O)c2cc(C(F)(F)F)cc(C(F)(F)F)c2)[C@H](Cc2ccccc2)C1. The van der Waals surface area contributed by atoms with Gasteiger partial charge in [0.25, 0.3) is 5.91 Å². The smallest absolute Gasteiger partial charge is 0.339 e. The summed E-state index contributed by atoms with van der Waals surface area (Å²) < 4.78 is 80.6. The number of aryl methyl sites for hydroxylation is 1. The highest BCUT2D eigenvalue weighted by Gasteiger charge is 2.39. The van der Waals surface area contributed by atoms with Crippen LogP contribution in [-0.2, 0) is 30.0 Å². The van der Waals surface area contributed by atoms with Gasteiger partial charge in [-0.05, 0) is 55.0 Å². The Morgan fingerprint density at radius 3 is 1.85 bits per heavy atom. The number of benzene rings is 3. The number of amides is 2. The average molecular weight is 577 g/mol. The minimum absolute atomic E-state index is 0.00658. The molecular weight excluding hydrogens is 546 g/mol. The Morgan fingerprint density at radius 1 is 0.732 bits per heavy atom. The van der Waals surface area contributed by atoms with Crippen molar-refractivity contribution in [3.8, 4) is 0 Å². The van der Waals surface area contributed by atoms with E-state index in [1.54, 1.807) is 23.1 Å². The number of carbonyl (C=O) groups excluding carboxylic acids is 2. The first kappa shape index (κ1) is 30.1. The van der Waals surface area contributed by atoms with Crippen molar-refractivity contribution in [2.45, 2.75) is 50.5 Å². The lowest BCUT2D eigenvalue weighted by Crippen LogP contribution is -2.57. The molecule has 1 saturated heterocycles. The second-order valence-corrected chi connectivity index (χ2v) is 10.2. The number of hydrogen-bond acceptors (Lipinski definition) is 2. The van der Waals surface area contributed by atoms with Gasteiger partial charge in [0.15, 0.2) is 0 Å². The molecule has 0 aromatic heterocycles. The molecule has 0 aliphatic carbocycles. The molecule has 0 spiro atoms. The summed E-state index contributed by atoms with van der Waals surface area (Å²) in [6, 6.07) is 19.2. The number of piperazine rings is 1. The van der Waals surface area contributed by atoms with E-state index in [0.29, 0.717) is 25.0 Å². The van der Waals surface area contributed by atoms with Crippen molar-refractivity contribution in [1.29, 1.82) is 0 Å². The Morgan fingerprint density at radius 2 is 1.29 bits per heavy atom. The van der Waals surface area contributed by atoms with Crippen LogP contribution in [0.25, 0.3) is 0 Å². The molecule has 10 heteroatoms. The summed E-state index contributed by atoms with van der Waals surface area (Å²) in [7, 11) is 0. The largest absolute Gasteiger partial charge is 0.416 e. The molecule has 3 aromatic carbocycles. The van der Waals surface area contributed by atoms with Gasteiger partial charge in [-0.2, -0.15) is 26.3 Å². The molecule has 0 bridgehead atoms. The molecule has 1 fully saturated rings. The number of alkyl halides is 6. The third kappa shape index (κ3) is 8.11. The molecule has 0 saturated carbocycles. The lowest BCUT2D eigenvalue weighted by molar-refractivity contribution is -0.143. The van der Waals surface area contributed by atoms with Crippen LogP contribution in [0.1, 0.15) is 51.9 Å². The second-order valence-electron chi connectivity index (χ2n) is 10.2. The van der Waals surface area contributed by atoms with E-state index in [1.807, 2.05) is 42.5 Å². The topological polar surface area (TPSA) is 40.6 Å². The van der Waals surface area contributed by atoms with Crippen LogP contribution >= 0.6 is 0 Å². The molecule has 0 radical (unpaired) electrons. The second kappa shape index (κ2) is 12.8.